The van der Waals surface area contributed by atoms with E-state index in [0.29, 0.717) is 0 Å². The van der Waals surface area contributed by atoms with Crippen molar-refractivity contribution in [1.29, 1.82) is 5.41 Å². The third kappa shape index (κ3) is 3.21. The number of anilines is 1. The van der Waals surface area contributed by atoms with E-state index in [1.165, 1.54) is 45.5 Å². The lowest BCUT2D eigenvalue weighted by Gasteiger charge is -2.46. The van der Waals surface area contributed by atoms with E-state index in [1.54, 1.807) is 0 Å². The standard InChI is InChI=1S/C20H22FN5O5S/c1-19(2)18(22)26-20(10-31-9-15(20)32(19,28)29)12-6-11(4-5-13(12)21)25-17(27)14-7-24-16(30-3)8-23-14/h4-8,15H,9-10H2,1-3H3,(H2,22,26)(H,25,27)/t15-,20-/m1/s1. The molecule has 12 heteroatoms. The van der Waals surface area contributed by atoms with Crippen LogP contribution in [0.4, 0.5) is 10.1 Å². The number of amidine groups is 1. The van der Waals surface area contributed by atoms with Crippen LogP contribution in [0.3, 0.4) is 0 Å². The van der Waals surface area contributed by atoms with E-state index in [4.69, 9.17) is 14.9 Å². The van der Waals surface area contributed by atoms with Gasteiger partial charge in [0.1, 0.15) is 32.9 Å². The van der Waals surface area contributed by atoms with Crippen LogP contribution < -0.4 is 15.4 Å². The fourth-order valence-corrected chi connectivity index (χ4v) is 6.01. The maximum atomic E-state index is 15.0. The molecular formula is C20H22FN5O5S. The summed E-state index contributed by atoms with van der Waals surface area (Å²) in [6.07, 6.45) is 2.52. The van der Waals surface area contributed by atoms with E-state index in [2.05, 4.69) is 20.6 Å². The molecule has 0 bridgehead atoms. The Morgan fingerprint density at radius 1 is 1.34 bits per heavy atom. The van der Waals surface area contributed by atoms with Crippen LogP contribution in [0.5, 0.6) is 5.88 Å². The first-order valence-corrected chi connectivity index (χ1v) is 11.2. The highest BCUT2D eigenvalue weighted by atomic mass is 32.2. The molecule has 2 aromatic rings. The zero-order valence-electron chi connectivity index (χ0n) is 17.6. The highest BCUT2D eigenvalue weighted by molar-refractivity contribution is 7.94. The molecule has 0 unspecified atom stereocenters. The van der Waals surface area contributed by atoms with Gasteiger partial charge in [-0.05, 0) is 32.0 Å². The van der Waals surface area contributed by atoms with E-state index in [-0.39, 0.29) is 41.9 Å². The highest BCUT2D eigenvalue weighted by Gasteiger charge is 2.63. The van der Waals surface area contributed by atoms with Crippen LogP contribution in [-0.2, 0) is 20.1 Å². The fourth-order valence-electron chi connectivity index (χ4n) is 3.90. The van der Waals surface area contributed by atoms with Crippen LogP contribution in [0.1, 0.15) is 29.9 Å². The van der Waals surface area contributed by atoms with Crippen LogP contribution in [0.15, 0.2) is 30.6 Å². The van der Waals surface area contributed by atoms with Gasteiger partial charge in [-0.2, -0.15) is 0 Å². The molecule has 2 fully saturated rings. The van der Waals surface area contributed by atoms with Gasteiger partial charge < -0.3 is 20.1 Å². The van der Waals surface area contributed by atoms with Crippen molar-refractivity contribution >= 4 is 27.3 Å². The van der Waals surface area contributed by atoms with Gasteiger partial charge in [-0.1, -0.05) is 0 Å². The lowest BCUT2D eigenvalue weighted by Crippen LogP contribution is -2.69. The molecule has 10 nitrogen and oxygen atoms in total. The molecule has 0 spiro atoms. The van der Waals surface area contributed by atoms with Crippen molar-refractivity contribution in [2.45, 2.75) is 29.4 Å². The number of sulfone groups is 1. The topological polar surface area (TPSA) is 143 Å². The van der Waals surface area contributed by atoms with Crippen LogP contribution >= 0.6 is 0 Å². The van der Waals surface area contributed by atoms with Gasteiger partial charge in [0.25, 0.3) is 5.91 Å². The Balaban J connectivity index is 1.71. The minimum absolute atomic E-state index is 0.0116. The largest absolute Gasteiger partial charge is 0.480 e. The number of aromatic nitrogens is 2. The number of nitrogens with one attached hydrogen (secondary N) is 3. The zero-order chi connectivity index (χ0) is 23.3. The van der Waals surface area contributed by atoms with Gasteiger partial charge >= 0.3 is 0 Å². The number of halogens is 1. The van der Waals surface area contributed by atoms with Crippen molar-refractivity contribution < 1.29 is 27.1 Å². The lowest BCUT2D eigenvalue weighted by atomic mass is 9.86. The maximum absolute atomic E-state index is 15.0. The number of hydrogen-bond acceptors (Lipinski definition) is 8. The van der Waals surface area contributed by atoms with Crippen LogP contribution in [-0.4, -0.2) is 60.4 Å². The molecule has 2 atom stereocenters. The molecule has 0 radical (unpaired) electrons. The van der Waals surface area contributed by atoms with Crippen molar-refractivity contribution in [1.82, 2.24) is 15.3 Å². The number of rotatable bonds is 4. The van der Waals surface area contributed by atoms with E-state index >= 15 is 0 Å². The fraction of sp³-hybridized carbons (Fsp3) is 0.400. The number of hydrogen-bond donors (Lipinski definition) is 3. The van der Waals surface area contributed by atoms with Gasteiger partial charge in [-0.3, -0.25) is 10.2 Å². The second-order valence-corrected chi connectivity index (χ2v) is 10.8. The van der Waals surface area contributed by atoms with Gasteiger partial charge in [0, 0.05) is 11.3 Å². The van der Waals surface area contributed by atoms with E-state index in [0.717, 1.165) is 6.07 Å². The Kier molecular flexibility index (Phi) is 5.17. The Morgan fingerprint density at radius 2 is 2.09 bits per heavy atom. The van der Waals surface area contributed by atoms with E-state index < -0.39 is 37.1 Å². The first-order chi connectivity index (χ1) is 15.0. The monoisotopic (exact) mass is 463 g/mol. The summed E-state index contributed by atoms with van der Waals surface area (Å²) < 4.78 is 50.4. The number of carbonyl (C=O) groups excluding carboxylic acids is 1. The first kappa shape index (κ1) is 22.1. The van der Waals surface area contributed by atoms with Gasteiger partial charge in [-0.15, -0.1) is 0 Å². The van der Waals surface area contributed by atoms with Crippen molar-refractivity contribution in [3.63, 3.8) is 0 Å². The number of nitrogens with zero attached hydrogens (tertiary/aromatic N) is 2. The van der Waals surface area contributed by atoms with Gasteiger partial charge in [0.15, 0.2) is 9.84 Å². The summed E-state index contributed by atoms with van der Waals surface area (Å²) in [6.45, 7) is 2.59. The van der Waals surface area contributed by atoms with E-state index in [1.807, 2.05) is 0 Å². The summed E-state index contributed by atoms with van der Waals surface area (Å²) in [5, 5.41) is 12.7. The number of ether oxygens (including phenoxy) is 2. The van der Waals surface area contributed by atoms with E-state index in [9.17, 15) is 17.6 Å². The summed E-state index contributed by atoms with van der Waals surface area (Å²) in [5.74, 6) is -1.28. The molecule has 4 rings (SSSR count). The SMILES string of the molecule is COc1cnc(C(=O)Nc2ccc(F)c([C@]34COC[C@H]3S(=O)(=O)C(C)(C)C(=N)N4)c2)cn1. The molecule has 1 amide bonds. The van der Waals surface area contributed by atoms with Crippen LogP contribution in [0, 0.1) is 11.2 Å². The average Bonchev–Trinajstić information content (AvgIpc) is 3.19. The average molecular weight is 463 g/mol. The Hall–Kier alpha value is -3.12. The summed E-state index contributed by atoms with van der Waals surface area (Å²) in [7, 11) is -2.47. The lowest BCUT2D eigenvalue weighted by molar-refractivity contribution is 0.102. The third-order valence-electron chi connectivity index (χ3n) is 5.96. The molecule has 2 saturated heterocycles. The predicted molar refractivity (Wildman–Crippen MR) is 113 cm³/mol. The zero-order valence-corrected chi connectivity index (χ0v) is 18.4. The molecule has 3 N–H and O–H groups in total. The molecule has 1 aromatic carbocycles. The normalized spacial score (nSPS) is 25.5. The summed E-state index contributed by atoms with van der Waals surface area (Å²) >= 11 is 0. The molecular weight excluding hydrogens is 441 g/mol. The van der Waals surface area contributed by atoms with Crippen LogP contribution in [0.2, 0.25) is 0 Å². The second kappa shape index (κ2) is 7.48. The Labute approximate surface area is 184 Å². The summed E-state index contributed by atoms with van der Waals surface area (Å²) in [5.41, 5.74) is -1.27. The second-order valence-electron chi connectivity index (χ2n) is 8.12. The van der Waals surface area contributed by atoms with Gasteiger partial charge in [0.2, 0.25) is 5.88 Å². The molecule has 170 valence electrons. The van der Waals surface area contributed by atoms with Crippen molar-refractivity contribution in [3.8, 4) is 5.88 Å². The summed E-state index contributed by atoms with van der Waals surface area (Å²) in [6, 6.07) is 3.83. The Bertz CT molecular complexity index is 1200. The van der Waals surface area contributed by atoms with Crippen molar-refractivity contribution in [2.24, 2.45) is 0 Å². The maximum Gasteiger partial charge on any atom is 0.275 e. The Morgan fingerprint density at radius 3 is 2.75 bits per heavy atom. The number of methoxy groups -OCH3 is 1. The van der Waals surface area contributed by atoms with Gasteiger partial charge in [0.05, 0.1) is 32.7 Å². The molecule has 2 aliphatic rings. The molecule has 0 saturated carbocycles. The number of amides is 1. The summed E-state index contributed by atoms with van der Waals surface area (Å²) in [4.78, 5) is 20.4. The van der Waals surface area contributed by atoms with Crippen molar-refractivity contribution in [2.75, 3.05) is 25.6 Å². The highest BCUT2D eigenvalue weighted by Crippen LogP contribution is 2.44. The minimum atomic E-state index is -3.89. The third-order valence-corrected chi connectivity index (χ3v) is 8.87. The molecule has 0 aliphatic carbocycles. The number of benzene rings is 1. The molecule has 3 heterocycles. The predicted octanol–water partition coefficient (Wildman–Crippen LogP) is 1.24. The smallest absolute Gasteiger partial charge is 0.275 e. The van der Waals surface area contributed by atoms with Gasteiger partial charge in [-0.25, -0.2) is 22.8 Å². The molecule has 2 aliphatic heterocycles. The number of carbonyl (C=O) groups is 1. The van der Waals surface area contributed by atoms with Crippen LogP contribution in [0.25, 0.3) is 0 Å². The minimum Gasteiger partial charge on any atom is -0.480 e. The quantitative estimate of drug-likeness (QED) is 0.615. The molecule has 1 aromatic heterocycles. The first-order valence-electron chi connectivity index (χ1n) is 9.69. The van der Waals surface area contributed by atoms with Crippen molar-refractivity contribution in [3.05, 3.63) is 47.7 Å². The molecule has 32 heavy (non-hydrogen) atoms. The number of fused-ring (bicyclic) bond motifs is 1.